The predicted octanol–water partition coefficient (Wildman–Crippen LogP) is 2.43. The van der Waals surface area contributed by atoms with Crippen LogP contribution in [0.25, 0.3) is 0 Å². The first-order chi connectivity index (χ1) is 8.35. The molecule has 1 saturated heterocycles. The summed E-state index contributed by atoms with van der Waals surface area (Å²) in [5.41, 5.74) is 5.74. The molecule has 2 rings (SSSR count). The number of rotatable bonds is 5. The summed E-state index contributed by atoms with van der Waals surface area (Å²) in [7, 11) is 0. The lowest BCUT2D eigenvalue weighted by Crippen LogP contribution is -2.13. The van der Waals surface area contributed by atoms with Crippen molar-refractivity contribution >= 4 is 23.5 Å². The van der Waals surface area contributed by atoms with Crippen LogP contribution in [0.2, 0.25) is 0 Å². The van der Waals surface area contributed by atoms with E-state index in [0.29, 0.717) is 11.8 Å². The fraction of sp³-hybridized carbons (Fsp3) is 0.818. The summed E-state index contributed by atoms with van der Waals surface area (Å²) < 4.78 is 5.36. The van der Waals surface area contributed by atoms with Crippen molar-refractivity contribution in [1.29, 1.82) is 0 Å². The minimum Gasteiger partial charge on any atom is -0.339 e. The lowest BCUT2D eigenvalue weighted by Gasteiger charge is -2.17. The molecule has 2 heterocycles. The normalized spacial score (nSPS) is 22.6. The maximum Gasteiger partial charge on any atom is 0.231 e. The maximum absolute atomic E-state index is 5.74. The molecule has 4 nitrogen and oxygen atoms in total. The van der Waals surface area contributed by atoms with Gasteiger partial charge in [0.05, 0.1) is 11.2 Å². The first-order valence-corrected chi connectivity index (χ1v) is 8.28. The highest BCUT2D eigenvalue weighted by atomic mass is 32.2. The Hall–Kier alpha value is -0.200. The minimum absolute atomic E-state index is 0.225. The Bertz CT molecular complexity index is 320. The van der Waals surface area contributed by atoms with Crippen LogP contribution < -0.4 is 5.73 Å². The van der Waals surface area contributed by atoms with Gasteiger partial charge in [-0.25, -0.2) is 0 Å². The second-order valence-electron chi connectivity index (χ2n) is 4.15. The standard InChI is InChI=1S/C11H19N3OS2/c1-2-3-8(6-12)11-13-10(14-15-11)9-7-16-4-5-17-9/h8-9H,2-7,12H2,1H3. The van der Waals surface area contributed by atoms with Gasteiger partial charge in [0.15, 0.2) is 5.82 Å². The van der Waals surface area contributed by atoms with Crippen LogP contribution in [0.5, 0.6) is 0 Å². The van der Waals surface area contributed by atoms with Crippen molar-refractivity contribution in [2.45, 2.75) is 30.9 Å². The predicted molar refractivity (Wildman–Crippen MR) is 73.5 cm³/mol. The van der Waals surface area contributed by atoms with Gasteiger partial charge in [0.25, 0.3) is 0 Å². The van der Waals surface area contributed by atoms with Crippen LogP contribution in [0.3, 0.4) is 0 Å². The zero-order chi connectivity index (χ0) is 12.1. The molecule has 1 aromatic heterocycles. The Morgan fingerprint density at radius 2 is 2.41 bits per heavy atom. The lowest BCUT2D eigenvalue weighted by molar-refractivity contribution is 0.344. The molecule has 17 heavy (non-hydrogen) atoms. The van der Waals surface area contributed by atoms with Gasteiger partial charge in [-0.2, -0.15) is 16.7 Å². The highest BCUT2D eigenvalue weighted by Crippen LogP contribution is 2.35. The van der Waals surface area contributed by atoms with E-state index in [4.69, 9.17) is 10.3 Å². The van der Waals surface area contributed by atoms with Crippen LogP contribution in [-0.2, 0) is 0 Å². The number of aromatic nitrogens is 2. The number of nitrogens with two attached hydrogens (primary N) is 1. The third kappa shape index (κ3) is 3.39. The number of hydrogen-bond donors (Lipinski definition) is 1. The Labute approximate surface area is 110 Å². The molecule has 96 valence electrons. The quantitative estimate of drug-likeness (QED) is 0.889. The number of thioether (sulfide) groups is 2. The number of nitrogens with zero attached hydrogens (tertiary/aromatic N) is 2. The molecule has 0 amide bonds. The molecule has 0 aromatic carbocycles. The monoisotopic (exact) mass is 273 g/mol. The second kappa shape index (κ2) is 6.66. The van der Waals surface area contributed by atoms with E-state index in [0.717, 1.165) is 30.3 Å². The summed E-state index contributed by atoms with van der Waals surface area (Å²) in [4.78, 5) is 4.53. The maximum atomic E-state index is 5.74. The van der Waals surface area contributed by atoms with Crippen LogP contribution in [0, 0.1) is 0 Å². The van der Waals surface area contributed by atoms with Crippen molar-refractivity contribution in [1.82, 2.24) is 10.1 Å². The zero-order valence-corrected chi connectivity index (χ0v) is 11.7. The molecular formula is C11H19N3OS2. The molecule has 2 N–H and O–H groups in total. The van der Waals surface area contributed by atoms with E-state index >= 15 is 0 Å². The van der Waals surface area contributed by atoms with Crippen molar-refractivity contribution < 1.29 is 4.52 Å². The third-order valence-corrected chi connectivity index (χ3v) is 5.58. The van der Waals surface area contributed by atoms with Gasteiger partial charge in [0, 0.05) is 23.8 Å². The summed E-state index contributed by atoms with van der Waals surface area (Å²) in [6.45, 7) is 2.73. The van der Waals surface area contributed by atoms with Gasteiger partial charge in [-0.15, -0.1) is 11.8 Å². The molecule has 1 aliphatic rings. The lowest BCUT2D eigenvalue weighted by atomic mass is 10.0. The van der Waals surface area contributed by atoms with Crippen molar-refractivity contribution in [2.24, 2.45) is 5.73 Å². The molecular weight excluding hydrogens is 254 g/mol. The van der Waals surface area contributed by atoms with Gasteiger partial charge < -0.3 is 10.3 Å². The van der Waals surface area contributed by atoms with E-state index in [2.05, 4.69) is 17.1 Å². The van der Waals surface area contributed by atoms with Crippen molar-refractivity contribution in [2.75, 3.05) is 23.8 Å². The fourth-order valence-corrected chi connectivity index (χ4v) is 4.46. The smallest absolute Gasteiger partial charge is 0.231 e. The highest BCUT2D eigenvalue weighted by Gasteiger charge is 2.24. The molecule has 1 fully saturated rings. The van der Waals surface area contributed by atoms with Crippen LogP contribution in [0.4, 0.5) is 0 Å². The van der Waals surface area contributed by atoms with E-state index in [1.54, 1.807) is 0 Å². The fourth-order valence-electron chi connectivity index (χ4n) is 1.87. The van der Waals surface area contributed by atoms with E-state index in [1.165, 1.54) is 11.5 Å². The Balaban J connectivity index is 2.03. The van der Waals surface area contributed by atoms with Gasteiger partial charge in [-0.1, -0.05) is 18.5 Å². The Kier molecular flexibility index (Phi) is 5.18. The van der Waals surface area contributed by atoms with E-state index in [-0.39, 0.29) is 5.92 Å². The molecule has 0 saturated carbocycles. The van der Waals surface area contributed by atoms with Crippen LogP contribution in [0.1, 0.15) is 42.6 Å². The van der Waals surface area contributed by atoms with E-state index in [1.807, 2.05) is 23.5 Å². The summed E-state index contributed by atoms with van der Waals surface area (Å²) in [6, 6.07) is 0. The second-order valence-corrected chi connectivity index (χ2v) is 6.61. The van der Waals surface area contributed by atoms with Gasteiger partial charge in [0.1, 0.15) is 0 Å². The van der Waals surface area contributed by atoms with Crippen LogP contribution in [0.15, 0.2) is 4.52 Å². The molecule has 1 aliphatic heterocycles. The van der Waals surface area contributed by atoms with Crippen molar-refractivity contribution in [3.63, 3.8) is 0 Å². The first kappa shape index (κ1) is 13.2. The molecule has 0 spiro atoms. The topological polar surface area (TPSA) is 64.9 Å². The molecule has 0 aliphatic carbocycles. The first-order valence-electron chi connectivity index (χ1n) is 6.08. The van der Waals surface area contributed by atoms with Crippen LogP contribution >= 0.6 is 23.5 Å². The summed E-state index contributed by atoms with van der Waals surface area (Å²) >= 11 is 3.89. The summed E-state index contributed by atoms with van der Waals surface area (Å²) in [6.07, 6.45) is 2.11. The molecule has 0 radical (unpaired) electrons. The molecule has 2 unspecified atom stereocenters. The average molecular weight is 273 g/mol. The van der Waals surface area contributed by atoms with E-state index in [9.17, 15) is 0 Å². The Morgan fingerprint density at radius 3 is 3.06 bits per heavy atom. The van der Waals surface area contributed by atoms with Gasteiger partial charge in [-0.05, 0) is 6.42 Å². The third-order valence-electron chi connectivity index (χ3n) is 2.83. The molecule has 6 heteroatoms. The summed E-state index contributed by atoms with van der Waals surface area (Å²) in [5, 5.41) is 4.51. The summed E-state index contributed by atoms with van der Waals surface area (Å²) in [5.74, 6) is 5.29. The molecule has 2 atom stereocenters. The minimum atomic E-state index is 0.225. The van der Waals surface area contributed by atoms with Crippen LogP contribution in [-0.4, -0.2) is 33.9 Å². The van der Waals surface area contributed by atoms with Gasteiger partial charge in [-0.3, -0.25) is 0 Å². The zero-order valence-electron chi connectivity index (χ0n) is 10.1. The van der Waals surface area contributed by atoms with Gasteiger partial charge in [0.2, 0.25) is 5.89 Å². The van der Waals surface area contributed by atoms with Crippen molar-refractivity contribution in [3.05, 3.63) is 11.7 Å². The Morgan fingerprint density at radius 1 is 1.53 bits per heavy atom. The molecule has 1 aromatic rings. The SMILES string of the molecule is CCCC(CN)c1nc(C2CSCCS2)no1. The van der Waals surface area contributed by atoms with Gasteiger partial charge >= 0.3 is 0 Å². The van der Waals surface area contributed by atoms with E-state index < -0.39 is 0 Å². The largest absolute Gasteiger partial charge is 0.339 e. The average Bonchev–Trinajstić information content (AvgIpc) is 2.86. The number of hydrogen-bond acceptors (Lipinski definition) is 6. The van der Waals surface area contributed by atoms with Crippen molar-refractivity contribution in [3.8, 4) is 0 Å². The molecule has 0 bridgehead atoms. The highest BCUT2D eigenvalue weighted by molar-refractivity contribution is 8.06.